The van der Waals surface area contributed by atoms with Crippen LogP contribution < -0.4 is 30.1 Å². The summed E-state index contributed by atoms with van der Waals surface area (Å²) < 4.78 is 81.7. The van der Waals surface area contributed by atoms with Crippen molar-refractivity contribution in [1.82, 2.24) is 44.8 Å². The van der Waals surface area contributed by atoms with E-state index in [0.29, 0.717) is 48.8 Å². The number of benzene rings is 1. The van der Waals surface area contributed by atoms with Crippen molar-refractivity contribution in [2.24, 2.45) is 0 Å². The number of alkyl halides is 3. The summed E-state index contributed by atoms with van der Waals surface area (Å²) in [6.45, 7) is 64.0. The summed E-state index contributed by atoms with van der Waals surface area (Å²) in [6, 6.07) is 33.0. The van der Waals surface area contributed by atoms with Gasteiger partial charge in [-0.1, -0.05) is 197 Å². The Morgan fingerprint density at radius 2 is 0.967 bits per heavy atom. The molecule has 0 bridgehead atoms. The largest absolute Gasteiger partial charge is 0.496 e. The van der Waals surface area contributed by atoms with Crippen LogP contribution in [0.1, 0.15) is 262 Å². The fourth-order valence-electron chi connectivity index (χ4n) is 11.1. The zero-order valence-corrected chi connectivity index (χ0v) is 79.8. The molecule has 0 spiro atoms. The lowest BCUT2D eigenvalue weighted by atomic mass is 9.87. The number of anilines is 1. The topological polar surface area (TPSA) is 244 Å². The molecule has 9 aromatic rings. The molecule has 24 heteroatoms. The van der Waals surface area contributed by atoms with E-state index in [2.05, 4.69) is 210 Å². The average molecular weight is 1700 g/mol. The molecule has 1 saturated heterocycles. The summed E-state index contributed by atoms with van der Waals surface area (Å²) in [7, 11) is 0.477. The lowest BCUT2D eigenvalue weighted by molar-refractivity contribution is -0.141. The van der Waals surface area contributed by atoms with Crippen molar-refractivity contribution in [2.75, 3.05) is 79.6 Å². The zero-order chi connectivity index (χ0) is 91.6. The van der Waals surface area contributed by atoms with Crippen LogP contribution in [-0.2, 0) is 76.4 Å². The van der Waals surface area contributed by atoms with Gasteiger partial charge in [0, 0.05) is 128 Å². The molecule has 0 saturated carbocycles. The third kappa shape index (κ3) is 35.5. The Balaban J connectivity index is 0.000000358. The predicted molar refractivity (Wildman–Crippen MR) is 487 cm³/mol. The number of hydrogen-bond donors (Lipinski definition) is 2. The number of aryl methyl sites for hydroxylation is 1. The highest BCUT2D eigenvalue weighted by atomic mass is 31.2. The lowest BCUT2D eigenvalue weighted by Gasteiger charge is -2.27. The number of aliphatic hydroxyl groups is 1. The molecule has 2 amide bonds. The average Bonchev–Trinajstić information content (AvgIpc) is 0.822. The Bertz CT molecular complexity index is 4750. The van der Waals surface area contributed by atoms with Gasteiger partial charge in [-0.15, -0.1) is 0 Å². The molecule has 0 radical (unpaired) electrons. The molecule has 10 rings (SSSR count). The number of methoxy groups -OCH3 is 3. The molecule has 658 valence electrons. The number of pyridine rings is 8. The number of rotatable bonds is 10. The van der Waals surface area contributed by atoms with Crippen LogP contribution in [0.4, 0.5) is 18.9 Å². The maximum atomic E-state index is 12.3. The van der Waals surface area contributed by atoms with E-state index in [1.165, 1.54) is 17.5 Å². The highest BCUT2D eigenvalue weighted by molar-refractivity contribution is 7.70. The third-order valence-corrected chi connectivity index (χ3v) is 21.7. The number of hydrogen-bond acceptors (Lipinski definition) is 17. The van der Waals surface area contributed by atoms with Crippen LogP contribution in [0.15, 0.2) is 159 Å². The minimum absolute atomic E-state index is 0.00407. The molecule has 19 nitrogen and oxygen atoms in total. The molecule has 1 aliphatic rings. The molecule has 2 N–H and O–H groups in total. The van der Waals surface area contributed by atoms with Gasteiger partial charge in [-0.05, 0) is 157 Å². The third-order valence-electron chi connectivity index (χ3n) is 18.6. The Morgan fingerprint density at radius 1 is 0.483 bits per heavy atom. The van der Waals surface area contributed by atoms with Crippen LogP contribution in [-0.4, -0.2) is 136 Å². The number of amides is 2. The van der Waals surface area contributed by atoms with Gasteiger partial charge in [0.1, 0.15) is 31.4 Å². The number of carbonyl (C=O) groups excluding carboxylic acids is 2. The summed E-state index contributed by atoms with van der Waals surface area (Å²) >= 11 is 0. The second-order valence-electron chi connectivity index (χ2n) is 38.3. The number of morpholine rings is 1. The van der Waals surface area contributed by atoms with E-state index in [-0.39, 0.29) is 61.7 Å². The van der Waals surface area contributed by atoms with Crippen molar-refractivity contribution in [2.45, 2.75) is 243 Å². The van der Waals surface area contributed by atoms with E-state index in [4.69, 9.17) is 24.1 Å². The first-order valence-electron chi connectivity index (χ1n) is 40.4. The van der Waals surface area contributed by atoms with Crippen LogP contribution >= 0.6 is 14.3 Å². The van der Waals surface area contributed by atoms with Crippen LogP contribution in [0.5, 0.6) is 17.2 Å². The van der Waals surface area contributed by atoms with Crippen molar-refractivity contribution in [3.8, 4) is 17.2 Å². The summed E-state index contributed by atoms with van der Waals surface area (Å²) in [5.41, 5.74) is 12.2. The van der Waals surface area contributed by atoms with Gasteiger partial charge in [0.05, 0.1) is 70.1 Å². The normalized spacial score (nSPS) is 12.7. The van der Waals surface area contributed by atoms with Crippen LogP contribution in [0.3, 0.4) is 0 Å². The fraction of sp³-hybridized carbons (Fsp3) is 0.500. The van der Waals surface area contributed by atoms with Gasteiger partial charge in [0.25, 0.3) is 11.8 Å². The number of aromatic nitrogens is 8. The lowest BCUT2D eigenvalue weighted by Crippen LogP contribution is -2.41. The first-order valence-corrected chi connectivity index (χ1v) is 45.6. The molecule has 0 unspecified atom stereocenters. The van der Waals surface area contributed by atoms with Crippen LogP contribution in [0.2, 0.25) is 0 Å². The smallest absolute Gasteiger partial charge is 0.433 e. The Hall–Kier alpha value is -9.07. The molecular formula is C96H139F3N10O9P2. The Morgan fingerprint density at radius 3 is 1.40 bits per heavy atom. The van der Waals surface area contributed by atoms with Gasteiger partial charge < -0.3 is 43.4 Å². The highest BCUT2D eigenvalue weighted by Crippen LogP contribution is 2.39. The Kier molecular flexibility index (Phi) is 39.1. The number of halogens is 3. The summed E-state index contributed by atoms with van der Waals surface area (Å²) in [4.78, 5) is 59.8. The molecule has 9 heterocycles. The molecule has 1 aromatic carbocycles. The maximum Gasteiger partial charge on any atom is 0.433 e. The quantitative estimate of drug-likeness (QED) is 0.121. The highest BCUT2D eigenvalue weighted by Gasteiger charge is 2.34. The van der Waals surface area contributed by atoms with Crippen molar-refractivity contribution < 1.29 is 55.9 Å². The van der Waals surface area contributed by atoms with Crippen molar-refractivity contribution in [1.29, 1.82) is 0 Å². The SMILES string of the molecule is CC(C)(C)c1ccc(NC(=O)c2ccc(P(C)(C)=O)cc2)cn1.CC(C)(C)c1cccc(CO)n1.CC(C)(C)c1ccnc(C(=O)N2CCOCC2)c1.CC(C)(C)c1ccnc(C(F)(F)F)c1.CC(C)(C)c1cncc(P(C)(C)=O)c1.CCc1ccc(C(C)(C)C)nc1.COc1ccnc(C(C)(C)C)c1C.COc1ccnc(C(C)(C)C)c1OC. The van der Waals surface area contributed by atoms with Crippen molar-refractivity contribution in [3.05, 3.63) is 238 Å². The van der Waals surface area contributed by atoms with E-state index in [9.17, 15) is 31.9 Å². The molecule has 8 aromatic heterocycles. The first-order chi connectivity index (χ1) is 55.0. The Labute approximate surface area is 716 Å². The summed E-state index contributed by atoms with van der Waals surface area (Å²) in [5, 5.41) is 13.3. The number of aliphatic hydroxyl groups excluding tert-OH is 1. The number of nitrogens with one attached hydrogen (secondary N) is 1. The second-order valence-corrected chi connectivity index (χ2v) is 44.7. The van der Waals surface area contributed by atoms with Gasteiger partial charge in [-0.2, -0.15) is 13.2 Å². The predicted octanol–water partition coefficient (Wildman–Crippen LogP) is 21.7. The van der Waals surface area contributed by atoms with Crippen LogP contribution in [0.25, 0.3) is 0 Å². The number of nitrogens with zero attached hydrogens (tertiary/aromatic N) is 9. The molecule has 0 atom stereocenters. The standard InChI is InChI=1S/C18H23N2O2P.C14H20N2O2.C11H17NO2.C11H18NOP.C11H17NO.C11H17N.C10H12F3N.C10H15NO/c1-18(2,3)16-11-8-14(12-19-16)20-17(21)13-6-9-15(10-7-13)23(4,5)22;1-14(2,3)11-4-5-15-12(10-11)13(17)16-6-8-18-9-7-16;1-11(2,3)10-9(14-5)8(13-4)6-7-12-10;1-11(2,3)9-6-10(8-12-7-9)14(4,5)13;1-8-9(13-5)6-7-12-10(8)11(2,3)4;1-5-9-6-7-10(12-8-9)11(2,3)4;1-9(2,3)7-4-5-14-8(6-7)10(11,12)13;1-10(2,3)9-6-4-5-8(7-12)11-9/h6-12H,1-5H3,(H,20,21);4-5,10H,6-9H2,1-3H3;6-7H,1-5H3;6-8H,1-5H3;6-7H,1-5H3;6-8H,5H2,1-4H3;4-6H,1-3H3;4-6,12H,7H2,1-3H3. The summed E-state index contributed by atoms with van der Waals surface area (Å²) in [5.74, 6) is 2.17. The number of ether oxygens (including phenoxy) is 4. The van der Waals surface area contributed by atoms with Gasteiger partial charge in [0.2, 0.25) is 0 Å². The monoisotopic (exact) mass is 1700 g/mol. The van der Waals surface area contributed by atoms with Crippen molar-refractivity contribution >= 4 is 42.4 Å². The summed E-state index contributed by atoms with van der Waals surface area (Å²) in [6.07, 6.45) is 10.3. The van der Waals surface area contributed by atoms with E-state index in [1.807, 2.05) is 94.7 Å². The molecule has 120 heavy (non-hydrogen) atoms. The van der Waals surface area contributed by atoms with E-state index >= 15 is 0 Å². The van der Waals surface area contributed by atoms with Gasteiger partial charge in [-0.3, -0.25) is 49.5 Å². The maximum absolute atomic E-state index is 12.3. The van der Waals surface area contributed by atoms with Crippen molar-refractivity contribution in [3.63, 3.8) is 0 Å². The zero-order valence-electron chi connectivity index (χ0n) is 78.0. The van der Waals surface area contributed by atoms with E-state index in [0.717, 1.165) is 85.5 Å². The molecule has 1 aliphatic heterocycles. The fourth-order valence-corrected chi connectivity index (χ4v) is 12.8. The molecule has 0 aliphatic carbocycles. The minimum atomic E-state index is -4.36. The van der Waals surface area contributed by atoms with E-state index < -0.39 is 26.2 Å². The van der Waals surface area contributed by atoms with Gasteiger partial charge >= 0.3 is 6.18 Å². The second kappa shape index (κ2) is 44.6. The first kappa shape index (κ1) is 105. The van der Waals surface area contributed by atoms with Gasteiger partial charge in [-0.25, -0.2) is 0 Å². The van der Waals surface area contributed by atoms with Gasteiger partial charge in [0.15, 0.2) is 11.5 Å². The molecule has 1 fully saturated rings. The molecular weight excluding hydrogens is 1560 g/mol. The number of carbonyl (C=O) groups is 2. The minimum Gasteiger partial charge on any atom is -0.496 e. The van der Waals surface area contributed by atoms with Crippen LogP contribution in [0, 0.1) is 6.92 Å². The van der Waals surface area contributed by atoms with E-state index in [1.54, 1.807) is 120 Å².